The Kier molecular flexibility index (Phi) is 7.42. The van der Waals surface area contributed by atoms with Gasteiger partial charge in [-0.2, -0.15) is 0 Å². The number of halogens is 3. The molecule has 0 radical (unpaired) electrons. The van der Waals surface area contributed by atoms with Crippen molar-refractivity contribution in [3.05, 3.63) is 24.3 Å². The third-order valence-electron chi connectivity index (χ3n) is 1.84. The van der Waals surface area contributed by atoms with E-state index in [4.69, 9.17) is 4.74 Å². The molecule has 0 aliphatic rings. The second kappa shape index (κ2) is 7.42. The molecule has 1 aromatic carbocycles. The first-order chi connectivity index (χ1) is 7.43. The van der Waals surface area contributed by atoms with E-state index in [0.717, 1.165) is 24.3 Å². The van der Waals surface area contributed by atoms with Crippen LogP contribution in [0.25, 0.3) is 0 Å². The van der Waals surface area contributed by atoms with Crippen LogP contribution in [0.1, 0.15) is 0 Å². The molecule has 0 saturated heterocycles. The van der Waals surface area contributed by atoms with E-state index < -0.39 is 18.4 Å². The van der Waals surface area contributed by atoms with Gasteiger partial charge >= 0.3 is 64.3 Å². The summed E-state index contributed by atoms with van der Waals surface area (Å²) in [6.45, 7) is -5.32. The largest absolute Gasteiger partial charge is 1.00 e. The Hall–Kier alpha value is -0.0187. The number of ether oxygens (including phenoxy) is 2. The zero-order valence-electron chi connectivity index (χ0n) is 9.45. The summed E-state index contributed by atoms with van der Waals surface area (Å²) in [5.74, 6) is -0.404. The summed E-state index contributed by atoms with van der Waals surface area (Å²) in [5, 5.41) is 0. The SMILES string of the molecule is COC(=O)COc1ccc([B-](F)(F)F)cc1.[K+]. The van der Waals surface area contributed by atoms with Gasteiger partial charge in [-0.1, -0.05) is 12.1 Å². The van der Waals surface area contributed by atoms with Crippen LogP contribution < -0.4 is 61.6 Å². The van der Waals surface area contributed by atoms with Crippen molar-refractivity contribution in [3.8, 4) is 5.75 Å². The Morgan fingerprint density at radius 1 is 1.24 bits per heavy atom. The minimum Gasteiger partial charge on any atom is -0.482 e. The van der Waals surface area contributed by atoms with Crippen molar-refractivity contribution in [2.24, 2.45) is 0 Å². The Morgan fingerprint density at radius 2 is 1.76 bits per heavy atom. The van der Waals surface area contributed by atoms with Gasteiger partial charge in [-0.15, -0.1) is 5.46 Å². The van der Waals surface area contributed by atoms with Crippen LogP contribution in [-0.4, -0.2) is 26.7 Å². The fourth-order valence-corrected chi connectivity index (χ4v) is 0.983. The first-order valence-electron chi connectivity index (χ1n) is 4.43. The number of esters is 1. The average Bonchev–Trinajstić information content (AvgIpc) is 2.25. The molecule has 0 bridgehead atoms. The molecule has 0 amide bonds. The fraction of sp³-hybridized carbons (Fsp3) is 0.222. The van der Waals surface area contributed by atoms with E-state index in [-0.39, 0.29) is 63.7 Å². The van der Waals surface area contributed by atoms with Gasteiger partial charge in [-0.05, 0) is 12.1 Å². The van der Waals surface area contributed by atoms with Gasteiger partial charge in [-0.25, -0.2) is 4.79 Å². The summed E-state index contributed by atoms with van der Waals surface area (Å²) < 4.78 is 45.9. The summed E-state index contributed by atoms with van der Waals surface area (Å²) in [6, 6.07) is 4.14. The zero-order valence-corrected chi connectivity index (χ0v) is 12.6. The average molecular weight is 272 g/mol. The van der Waals surface area contributed by atoms with Crippen LogP contribution in [0.2, 0.25) is 0 Å². The van der Waals surface area contributed by atoms with Crippen LogP contribution in [0, 0.1) is 0 Å². The van der Waals surface area contributed by atoms with E-state index in [1.807, 2.05) is 0 Å². The van der Waals surface area contributed by atoms with Gasteiger partial charge in [0, 0.05) is 0 Å². The second-order valence-corrected chi connectivity index (χ2v) is 3.01. The quantitative estimate of drug-likeness (QED) is 0.484. The fourth-order valence-electron chi connectivity index (χ4n) is 0.983. The number of benzene rings is 1. The molecule has 0 aliphatic carbocycles. The number of carbonyl (C=O) groups is 1. The summed E-state index contributed by atoms with van der Waals surface area (Å²) in [4.78, 5) is 10.7. The van der Waals surface area contributed by atoms with Crippen molar-refractivity contribution in [1.29, 1.82) is 0 Å². The Balaban J connectivity index is 0.00000256. The van der Waals surface area contributed by atoms with Gasteiger partial charge < -0.3 is 22.4 Å². The molecule has 1 rings (SSSR count). The van der Waals surface area contributed by atoms with Crippen LogP contribution in [0.15, 0.2) is 24.3 Å². The molecule has 0 aromatic heterocycles. The molecule has 0 heterocycles. The molecule has 3 nitrogen and oxygen atoms in total. The molecule has 8 heteroatoms. The first-order valence-corrected chi connectivity index (χ1v) is 4.43. The monoisotopic (exact) mass is 272 g/mol. The molecule has 1 aromatic rings. The predicted molar refractivity (Wildman–Crippen MR) is 52.7 cm³/mol. The van der Waals surface area contributed by atoms with E-state index in [1.165, 1.54) is 7.11 Å². The smallest absolute Gasteiger partial charge is 0.482 e. The molecule has 88 valence electrons. The van der Waals surface area contributed by atoms with Crippen LogP contribution in [-0.2, 0) is 9.53 Å². The van der Waals surface area contributed by atoms with E-state index >= 15 is 0 Å². The van der Waals surface area contributed by atoms with Crippen molar-refractivity contribution in [2.75, 3.05) is 13.7 Å². The molecule has 0 unspecified atom stereocenters. The van der Waals surface area contributed by atoms with Crippen molar-refractivity contribution in [3.63, 3.8) is 0 Å². The molecular weight excluding hydrogens is 263 g/mol. The number of methoxy groups -OCH3 is 1. The third kappa shape index (κ3) is 5.92. The Morgan fingerprint density at radius 3 is 2.18 bits per heavy atom. The van der Waals surface area contributed by atoms with Gasteiger partial charge in [0.2, 0.25) is 0 Å². The summed E-state index contributed by atoms with van der Waals surface area (Å²) in [5.41, 5.74) is -0.703. The summed E-state index contributed by atoms with van der Waals surface area (Å²) in [7, 11) is 1.20. The maximum atomic E-state index is 12.2. The molecular formula is C9H9BF3KO3. The standard InChI is InChI=1S/C9H9BF3O3.K/c1-15-9(14)6-16-8-4-2-7(3-5-8)10(11,12)13;/h2-5H,6H2,1H3;/q-1;+1. The van der Waals surface area contributed by atoms with Gasteiger partial charge in [0.1, 0.15) is 5.75 Å². The van der Waals surface area contributed by atoms with Crippen molar-refractivity contribution in [2.45, 2.75) is 0 Å². The topological polar surface area (TPSA) is 35.5 Å². The Bertz CT molecular complexity index is 367. The summed E-state index contributed by atoms with van der Waals surface area (Å²) >= 11 is 0. The minimum atomic E-state index is -5.00. The maximum Gasteiger partial charge on any atom is 1.00 e. The first kappa shape index (κ1) is 17.0. The van der Waals surface area contributed by atoms with E-state index in [0.29, 0.717) is 0 Å². The van der Waals surface area contributed by atoms with E-state index in [9.17, 15) is 17.7 Å². The van der Waals surface area contributed by atoms with Gasteiger partial charge in [0.15, 0.2) is 6.61 Å². The minimum absolute atomic E-state index is 0. The molecule has 0 fully saturated rings. The van der Waals surface area contributed by atoms with Crippen LogP contribution in [0.5, 0.6) is 5.75 Å². The summed E-state index contributed by atoms with van der Waals surface area (Å²) in [6.07, 6.45) is 0. The number of rotatable bonds is 4. The van der Waals surface area contributed by atoms with Crippen LogP contribution in [0.3, 0.4) is 0 Å². The van der Waals surface area contributed by atoms with Crippen molar-refractivity contribution in [1.82, 2.24) is 0 Å². The molecule has 0 N–H and O–H groups in total. The molecule has 0 atom stereocenters. The number of hydrogen-bond donors (Lipinski definition) is 0. The van der Waals surface area contributed by atoms with Crippen LogP contribution >= 0.6 is 0 Å². The third-order valence-corrected chi connectivity index (χ3v) is 1.84. The van der Waals surface area contributed by atoms with Crippen molar-refractivity contribution < 1.29 is 78.6 Å². The maximum absolute atomic E-state index is 12.2. The zero-order chi connectivity index (χ0) is 12.2. The number of hydrogen-bond acceptors (Lipinski definition) is 3. The van der Waals surface area contributed by atoms with Gasteiger partial charge in [-0.3, -0.25) is 0 Å². The van der Waals surface area contributed by atoms with E-state index in [1.54, 1.807) is 0 Å². The van der Waals surface area contributed by atoms with Gasteiger partial charge in [0.25, 0.3) is 0 Å². The van der Waals surface area contributed by atoms with Crippen molar-refractivity contribution >= 4 is 18.4 Å². The molecule has 17 heavy (non-hydrogen) atoms. The molecule has 0 saturated carbocycles. The number of carbonyl (C=O) groups excluding carboxylic acids is 1. The second-order valence-electron chi connectivity index (χ2n) is 3.01. The normalized spacial score (nSPS) is 10.4. The Labute approximate surface area is 139 Å². The molecule has 0 spiro atoms. The predicted octanol–water partition coefficient (Wildman–Crippen LogP) is -1.70. The molecule has 0 aliphatic heterocycles. The van der Waals surface area contributed by atoms with E-state index in [2.05, 4.69) is 4.74 Å². The van der Waals surface area contributed by atoms with Gasteiger partial charge in [0.05, 0.1) is 7.11 Å². The van der Waals surface area contributed by atoms with Crippen LogP contribution in [0.4, 0.5) is 12.9 Å².